The van der Waals surface area contributed by atoms with Crippen LogP contribution in [0, 0.1) is 5.92 Å². The highest BCUT2D eigenvalue weighted by atomic mass is 35.5. The number of nitrogens with zero attached hydrogens (tertiary/aromatic N) is 1. The normalized spacial score (nSPS) is 20.8. The van der Waals surface area contributed by atoms with Crippen LogP contribution in [0.2, 0.25) is 10.0 Å². The van der Waals surface area contributed by atoms with Gasteiger partial charge in [-0.1, -0.05) is 71.7 Å². The second kappa shape index (κ2) is 15.0. The van der Waals surface area contributed by atoms with Gasteiger partial charge in [-0.05, 0) is 73.4 Å². The average molecular weight is 755 g/mol. The molecule has 4 aromatic rings. The van der Waals surface area contributed by atoms with E-state index in [-0.39, 0.29) is 35.9 Å². The van der Waals surface area contributed by atoms with E-state index in [9.17, 15) is 9.59 Å². The monoisotopic (exact) mass is 753 g/mol. The van der Waals surface area contributed by atoms with E-state index >= 15 is 0 Å². The number of halogens is 2. The van der Waals surface area contributed by atoms with Crippen LogP contribution in [0.25, 0.3) is 33.4 Å². The highest BCUT2D eigenvalue weighted by Gasteiger charge is 2.41. The van der Waals surface area contributed by atoms with E-state index < -0.39 is 0 Å². The van der Waals surface area contributed by atoms with E-state index in [1.807, 2.05) is 43.3 Å². The van der Waals surface area contributed by atoms with Gasteiger partial charge in [0, 0.05) is 77.6 Å². The maximum Gasteiger partial charge on any atom is 0.311 e. The number of benzene rings is 4. The summed E-state index contributed by atoms with van der Waals surface area (Å²) in [6.07, 6.45) is 5.26. The molecule has 8 nitrogen and oxygen atoms in total. The molecule has 2 heterocycles. The lowest BCUT2D eigenvalue weighted by Crippen LogP contribution is -2.51. The van der Waals surface area contributed by atoms with Gasteiger partial charge in [0.1, 0.15) is 11.5 Å². The summed E-state index contributed by atoms with van der Waals surface area (Å²) in [5.41, 5.74) is 10.4. The number of nitrogens with one attached hydrogen (secondary N) is 2. The van der Waals surface area contributed by atoms with Crippen molar-refractivity contribution in [2.75, 3.05) is 40.5 Å². The third-order valence-corrected chi connectivity index (χ3v) is 12.4. The highest BCUT2D eigenvalue weighted by Crippen LogP contribution is 2.49. The molecule has 276 valence electrons. The summed E-state index contributed by atoms with van der Waals surface area (Å²) < 4.78 is 17.2. The Balaban J connectivity index is 1.06. The van der Waals surface area contributed by atoms with Crippen LogP contribution >= 0.6 is 23.2 Å². The van der Waals surface area contributed by atoms with Crippen LogP contribution in [-0.4, -0.2) is 63.3 Å². The van der Waals surface area contributed by atoms with Gasteiger partial charge in [0.2, 0.25) is 5.91 Å². The maximum atomic E-state index is 12.3. The summed E-state index contributed by atoms with van der Waals surface area (Å²) in [6, 6.07) is 21.4. The number of rotatable bonds is 11. The number of esters is 1. The first kappa shape index (κ1) is 35.9. The summed E-state index contributed by atoms with van der Waals surface area (Å²) in [6.45, 7) is 4.42. The summed E-state index contributed by atoms with van der Waals surface area (Å²) in [5.74, 6) is 1.64. The Morgan fingerprint density at radius 3 is 1.98 bits per heavy atom. The zero-order valence-electron chi connectivity index (χ0n) is 30.4. The number of methoxy groups -OCH3 is 2. The van der Waals surface area contributed by atoms with Gasteiger partial charge in [-0.2, -0.15) is 0 Å². The van der Waals surface area contributed by atoms with Crippen molar-refractivity contribution in [3.63, 3.8) is 0 Å². The molecule has 2 aliphatic heterocycles. The molecule has 2 aliphatic carbocycles. The molecule has 8 rings (SSSR count). The van der Waals surface area contributed by atoms with E-state index in [1.165, 1.54) is 22.3 Å². The SMILES string of the molecule is CCOC(=O)C1CN([C@H]2CCc3cc(-c4cccc(-c5cccc(-c6cc7c(c(OC)c6)[C@@H](NC[C@@H]6CCC(=O)N6)CC7)c5Cl)c4Cl)cc(OC)c32)C1. The molecular weight excluding hydrogens is 709 g/mol. The molecule has 0 radical (unpaired) electrons. The summed E-state index contributed by atoms with van der Waals surface area (Å²) in [7, 11) is 3.44. The van der Waals surface area contributed by atoms with Gasteiger partial charge in [0.25, 0.3) is 0 Å². The number of hydrogen-bond acceptors (Lipinski definition) is 7. The number of carbonyl (C=O) groups excluding carboxylic acids is 2. The standard InChI is InChI=1S/C43H45Cl2N3O5/c1-4-53-43(50)28-22-48(23-28)35-15-12-25-18-27(20-37(52-3)40(25)35)31-8-6-10-33(42(31)45)32-9-5-7-30(41(32)44)26-17-24-11-14-34(39(24)36(19-26)51-2)46-21-29-13-16-38(49)47-29/h5-10,17-20,28-29,34-35,46H,4,11-16,21-23H2,1-3H3,(H,47,49)/t29-,34-,35-/m0/s1. The molecule has 0 saturated carbocycles. The maximum absolute atomic E-state index is 12.3. The largest absolute Gasteiger partial charge is 0.496 e. The topological polar surface area (TPSA) is 89.1 Å². The van der Waals surface area contributed by atoms with E-state index in [2.05, 4.69) is 39.8 Å². The Morgan fingerprint density at radius 1 is 0.811 bits per heavy atom. The lowest BCUT2D eigenvalue weighted by Gasteiger charge is -2.42. The summed E-state index contributed by atoms with van der Waals surface area (Å²) in [5, 5.41) is 8.00. The second-order valence-electron chi connectivity index (χ2n) is 14.6. The molecule has 2 N–H and O–H groups in total. The molecule has 3 atom stereocenters. The Labute approximate surface area is 321 Å². The van der Waals surface area contributed by atoms with Crippen LogP contribution in [0.15, 0.2) is 60.7 Å². The van der Waals surface area contributed by atoms with Crippen molar-refractivity contribution in [2.45, 2.75) is 63.6 Å². The Morgan fingerprint density at radius 2 is 1.40 bits per heavy atom. The second-order valence-corrected chi connectivity index (χ2v) is 15.4. The fourth-order valence-corrected chi connectivity index (χ4v) is 9.55. The van der Waals surface area contributed by atoms with Gasteiger partial charge < -0.3 is 24.8 Å². The summed E-state index contributed by atoms with van der Waals surface area (Å²) in [4.78, 5) is 26.3. The fourth-order valence-electron chi connectivity index (χ4n) is 8.87. The number of aryl methyl sites for hydroxylation is 2. The number of likely N-dealkylation sites (tertiary alicyclic amines) is 1. The van der Waals surface area contributed by atoms with Crippen molar-refractivity contribution in [3.8, 4) is 44.9 Å². The van der Waals surface area contributed by atoms with Crippen molar-refractivity contribution in [2.24, 2.45) is 5.92 Å². The lowest BCUT2D eigenvalue weighted by molar-refractivity contribution is -0.155. The van der Waals surface area contributed by atoms with Crippen molar-refractivity contribution < 1.29 is 23.8 Å². The number of fused-ring (bicyclic) bond motifs is 2. The van der Waals surface area contributed by atoms with Gasteiger partial charge in [0.15, 0.2) is 0 Å². The average Bonchev–Trinajstić information content (AvgIpc) is 3.88. The van der Waals surface area contributed by atoms with Crippen LogP contribution in [0.3, 0.4) is 0 Å². The Kier molecular flexibility index (Phi) is 10.2. The molecule has 0 spiro atoms. The van der Waals surface area contributed by atoms with E-state index in [4.69, 9.17) is 37.4 Å². The molecule has 10 heteroatoms. The smallest absolute Gasteiger partial charge is 0.311 e. The van der Waals surface area contributed by atoms with Crippen LogP contribution in [0.1, 0.15) is 66.9 Å². The van der Waals surface area contributed by atoms with Crippen molar-refractivity contribution >= 4 is 35.1 Å². The molecule has 1 amide bonds. The fraction of sp³-hybridized carbons (Fsp3) is 0.395. The first-order chi connectivity index (χ1) is 25.8. The van der Waals surface area contributed by atoms with Gasteiger partial charge in [-0.25, -0.2) is 0 Å². The molecule has 2 fully saturated rings. The Hall–Kier alpha value is -4.08. The van der Waals surface area contributed by atoms with Crippen molar-refractivity contribution in [3.05, 3.63) is 93.0 Å². The minimum Gasteiger partial charge on any atom is -0.496 e. The number of ether oxygens (including phenoxy) is 3. The van der Waals surface area contributed by atoms with Gasteiger partial charge in [0.05, 0.1) is 36.8 Å². The van der Waals surface area contributed by atoms with Crippen LogP contribution in [-0.2, 0) is 27.2 Å². The summed E-state index contributed by atoms with van der Waals surface area (Å²) >= 11 is 14.6. The first-order valence-electron chi connectivity index (χ1n) is 18.7. The zero-order chi connectivity index (χ0) is 36.8. The lowest BCUT2D eigenvalue weighted by atomic mass is 9.92. The third kappa shape index (κ3) is 6.69. The van der Waals surface area contributed by atoms with Crippen LogP contribution in [0.4, 0.5) is 0 Å². The highest BCUT2D eigenvalue weighted by molar-refractivity contribution is 6.39. The van der Waals surface area contributed by atoms with Gasteiger partial charge in [-0.15, -0.1) is 0 Å². The van der Waals surface area contributed by atoms with Crippen molar-refractivity contribution in [1.82, 2.24) is 15.5 Å². The molecule has 0 aromatic heterocycles. The molecular formula is C43H45Cl2N3O5. The predicted octanol–water partition coefficient (Wildman–Crippen LogP) is 8.35. The number of hydrogen-bond donors (Lipinski definition) is 2. The van der Waals surface area contributed by atoms with Crippen LogP contribution in [0.5, 0.6) is 11.5 Å². The van der Waals surface area contributed by atoms with E-state index in [1.54, 1.807) is 14.2 Å². The molecule has 0 unspecified atom stereocenters. The molecule has 4 aliphatic rings. The van der Waals surface area contributed by atoms with E-state index in [0.717, 1.165) is 83.5 Å². The Bertz CT molecular complexity index is 2080. The number of amides is 1. The van der Waals surface area contributed by atoms with Gasteiger partial charge >= 0.3 is 5.97 Å². The predicted molar refractivity (Wildman–Crippen MR) is 209 cm³/mol. The quantitative estimate of drug-likeness (QED) is 0.149. The third-order valence-electron chi connectivity index (χ3n) is 11.5. The van der Waals surface area contributed by atoms with Crippen molar-refractivity contribution in [1.29, 1.82) is 0 Å². The molecule has 2 saturated heterocycles. The molecule has 53 heavy (non-hydrogen) atoms. The minimum atomic E-state index is -0.105. The van der Waals surface area contributed by atoms with E-state index in [0.29, 0.717) is 36.2 Å². The van der Waals surface area contributed by atoms with Crippen LogP contribution < -0.4 is 20.1 Å². The molecule has 0 bridgehead atoms. The first-order valence-corrected chi connectivity index (χ1v) is 19.5. The van der Waals surface area contributed by atoms with Gasteiger partial charge in [-0.3, -0.25) is 14.5 Å². The number of carbonyl (C=O) groups is 2. The molecule has 4 aromatic carbocycles. The zero-order valence-corrected chi connectivity index (χ0v) is 31.9. The minimum absolute atomic E-state index is 0.0608.